The topological polar surface area (TPSA) is 16.2 Å². The molecule has 8 aliphatic rings. The zero-order valence-corrected chi connectivity index (χ0v) is 64.4. The molecule has 2 bridgehead atoms. The van der Waals surface area contributed by atoms with E-state index in [4.69, 9.17) is 0 Å². The Morgan fingerprint density at radius 2 is 0.690 bits per heavy atom. The van der Waals surface area contributed by atoms with Gasteiger partial charge >= 0.3 is 0 Å². The smallest absolute Gasteiger partial charge is 0.0241 e. The van der Waals surface area contributed by atoms with Crippen molar-refractivity contribution in [1.29, 1.82) is 0 Å². The molecule has 0 radical (unpaired) electrons. The van der Waals surface area contributed by atoms with Crippen LogP contribution in [0, 0.1) is 63.1 Å². The normalized spacial score (nSPS) is 26.2. The molecule has 2 aromatic rings. The highest BCUT2D eigenvalue weighted by Gasteiger charge is 2.51. The van der Waals surface area contributed by atoms with Gasteiger partial charge in [-0.15, -0.1) is 0 Å². The Hall–Kier alpha value is -1.76. The molecule has 3 saturated heterocycles. The van der Waals surface area contributed by atoms with Crippen LogP contribution in [0.1, 0.15) is 306 Å². The Bertz CT molecular complexity index is 2370. The molecule has 3 saturated carbocycles. The average Bonchev–Trinajstić information content (AvgIpc) is 1.78. The molecule has 0 aromatic heterocycles. The number of rotatable bonds is 0. The van der Waals surface area contributed by atoms with E-state index >= 15 is 0 Å². The number of nitrogens with zero attached hydrogens (tertiary/aromatic N) is 5. The second kappa shape index (κ2) is 28.1. The number of likely N-dealkylation sites (tertiary alicyclic amines) is 3. The highest BCUT2D eigenvalue weighted by Crippen LogP contribution is 2.58. The maximum atomic E-state index is 2.72. The van der Waals surface area contributed by atoms with Gasteiger partial charge in [0.15, 0.2) is 0 Å². The number of hydrogen-bond acceptors (Lipinski definition) is 5. The fraction of sp³-hybridized carbons (Fsp3) is 0.854. The monoisotopic (exact) mass is 1200 g/mol. The van der Waals surface area contributed by atoms with Crippen LogP contribution < -0.4 is 0 Å². The van der Waals surface area contributed by atoms with Crippen molar-refractivity contribution in [3.8, 4) is 0 Å². The summed E-state index contributed by atoms with van der Waals surface area (Å²) in [5.74, 6) is 6.79. The van der Waals surface area contributed by atoms with Crippen molar-refractivity contribution >= 4 is 0 Å². The zero-order valence-electron chi connectivity index (χ0n) is 64.4. The quantitative estimate of drug-likeness (QED) is 0.261. The third kappa shape index (κ3) is 20.9. The van der Waals surface area contributed by atoms with Gasteiger partial charge in [-0.25, -0.2) is 0 Å². The van der Waals surface area contributed by atoms with Crippen LogP contribution in [0.2, 0.25) is 0 Å². The van der Waals surface area contributed by atoms with Crippen LogP contribution in [0.5, 0.6) is 0 Å². The summed E-state index contributed by atoms with van der Waals surface area (Å²) in [6.45, 7) is 87.2. The lowest BCUT2D eigenvalue weighted by molar-refractivity contribution is -0.0701. The van der Waals surface area contributed by atoms with E-state index in [1.165, 1.54) is 139 Å². The fourth-order valence-electron chi connectivity index (χ4n) is 16.6. The molecule has 6 fully saturated rings. The summed E-state index contributed by atoms with van der Waals surface area (Å²) in [6, 6.07) is 14.2. The van der Waals surface area contributed by atoms with E-state index < -0.39 is 0 Å². The molecule has 5 aliphatic heterocycles. The fourth-order valence-corrected chi connectivity index (χ4v) is 16.6. The minimum Gasteiger partial charge on any atom is -0.298 e. The average molecular weight is 1210 g/mol. The first-order valence-corrected chi connectivity index (χ1v) is 36.3. The number of fused-ring (bicyclic) bond motifs is 5. The molecule has 10 rings (SSSR count). The maximum absolute atomic E-state index is 2.72. The summed E-state index contributed by atoms with van der Waals surface area (Å²) in [5, 5.41) is 0. The first-order valence-electron chi connectivity index (χ1n) is 36.3. The van der Waals surface area contributed by atoms with Crippen LogP contribution in [0.15, 0.2) is 36.4 Å². The van der Waals surface area contributed by atoms with Crippen LogP contribution in [0.4, 0.5) is 0 Å². The van der Waals surface area contributed by atoms with E-state index in [0.29, 0.717) is 32.9 Å². The lowest BCUT2D eigenvalue weighted by atomic mass is 9.51. The third-order valence-electron chi connectivity index (χ3n) is 23.1. The van der Waals surface area contributed by atoms with E-state index in [-0.39, 0.29) is 21.9 Å². The molecule has 502 valence electrons. The number of hydrogen-bond donors (Lipinski definition) is 0. The van der Waals surface area contributed by atoms with Crippen molar-refractivity contribution in [1.82, 2.24) is 24.5 Å². The molecule has 87 heavy (non-hydrogen) atoms. The van der Waals surface area contributed by atoms with Gasteiger partial charge in [-0.1, -0.05) is 154 Å². The van der Waals surface area contributed by atoms with E-state index in [1.807, 2.05) is 13.8 Å². The van der Waals surface area contributed by atoms with Crippen molar-refractivity contribution in [3.05, 3.63) is 69.8 Å². The van der Waals surface area contributed by atoms with Crippen molar-refractivity contribution in [2.75, 3.05) is 52.4 Å². The molecule has 1 spiro atoms. The molecule has 4 atom stereocenters. The molecule has 5 nitrogen and oxygen atoms in total. The lowest BCUT2D eigenvalue weighted by Crippen LogP contribution is -2.53. The van der Waals surface area contributed by atoms with Gasteiger partial charge in [0.1, 0.15) is 0 Å². The summed E-state index contributed by atoms with van der Waals surface area (Å²) >= 11 is 0. The Labute approximate surface area is 544 Å². The van der Waals surface area contributed by atoms with E-state index in [0.717, 1.165) is 59.9 Å². The molecule has 4 unspecified atom stereocenters. The highest BCUT2D eigenvalue weighted by molar-refractivity contribution is 5.38. The van der Waals surface area contributed by atoms with Crippen molar-refractivity contribution in [2.24, 2.45) is 63.1 Å². The minimum absolute atomic E-state index is 0.249. The van der Waals surface area contributed by atoms with Gasteiger partial charge in [0.25, 0.3) is 0 Å². The first-order chi connectivity index (χ1) is 39.3. The van der Waals surface area contributed by atoms with Crippen molar-refractivity contribution < 1.29 is 0 Å². The van der Waals surface area contributed by atoms with Gasteiger partial charge in [-0.3, -0.25) is 24.5 Å². The first kappa shape index (κ1) is 76.0. The maximum Gasteiger partial charge on any atom is 0.0241 e. The number of benzene rings is 2. The van der Waals surface area contributed by atoms with E-state index in [9.17, 15) is 0 Å². The molecular weight excluding hydrogens is 1050 g/mol. The van der Waals surface area contributed by atoms with Crippen molar-refractivity contribution in [3.63, 3.8) is 0 Å². The van der Waals surface area contributed by atoms with E-state index in [2.05, 4.69) is 269 Å². The van der Waals surface area contributed by atoms with Gasteiger partial charge in [-0.2, -0.15) is 0 Å². The lowest BCUT2D eigenvalue weighted by Gasteiger charge is -2.57. The van der Waals surface area contributed by atoms with Crippen molar-refractivity contribution in [2.45, 2.75) is 337 Å². The largest absolute Gasteiger partial charge is 0.298 e. The Kier molecular flexibility index (Phi) is 24.5. The van der Waals surface area contributed by atoms with Gasteiger partial charge in [0, 0.05) is 80.1 Å². The standard InChI is InChI=1S/2C17H27N.C16H31N.2C15H29N.C2H6/c1-16(2,3)15-8-7-14-12-18(17(4,5)6)10-9-13(14)11-15;1-16(2,3)15-8-7-13-9-10-18(17(4,5)6)12-14(13)11-15;1-14(2,3)13-11-16(12-13)7-9-17(10-8-16)15(4,5)6;1-14(2,3)13-7-11-9-16(15(4,5)6)10-12(11)8-13;1-14(2,3)13-11-7-8-12(13)10-16(9-11)15(4,5)6;1-2/h2*7-8,11H,9-10,12H2,1-6H3;13H,7-12H2,1-6H3;2*11-13H,7-10H2,1-6H3;1-2H3. The van der Waals surface area contributed by atoms with Crippen LogP contribution >= 0.6 is 0 Å². The summed E-state index contributed by atoms with van der Waals surface area (Å²) in [4.78, 5) is 13.2. The molecule has 2 aromatic carbocycles. The molecule has 5 heterocycles. The second-order valence-corrected chi connectivity index (χ2v) is 40.0. The van der Waals surface area contributed by atoms with Crippen LogP contribution in [-0.4, -0.2) is 105 Å². The minimum atomic E-state index is 0.249. The molecule has 0 amide bonds. The predicted octanol–water partition coefficient (Wildman–Crippen LogP) is 21.2. The molecule has 3 aliphatic carbocycles. The Balaban J connectivity index is 0.000000197. The SMILES string of the molecule is CC.CC(C)(C)C1C2CCC1CN(C(C)(C)C)C2.CC(C)(C)C1CC2(CCN(C(C)(C)C)CC2)C1.CC(C)(C)C1CC2CN(C(C)(C)C)CC2C1.CC(C)(C)c1ccc2c(c1)CCN(C(C)(C)C)C2.CC(C)(C)c1ccc2c(c1)CN(C(C)(C)C)CC2. The van der Waals surface area contributed by atoms with Gasteiger partial charge < -0.3 is 0 Å². The molecule has 0 N–H and O–H groups in total. The third-order valence-corrected chi connectivity index (χ3v) is 23.1. The van der Waals surface area contributed by atoms with Crippen LogP contribution in [0.3, 0.4) is 0 Å². The van der Waals surface area contributed by atoms with Gasteiger partial charge in [0.2, 0.25) is 0 Å². The van der Waals surface area contributed by atoms with Crippen LogP contribution in [-0.2, 0) is 36.8 Å². The Morgan fingerprint density at radius 1 is 0.345 bits per heavy atom. The highest BCUT2D eigenvalue weighted by atomic mass is 15.2. The van der Waals surface area contributed by atoms with Gasteiger partial charge in [-0.05, 0) is 288 Å². The van der Waals surface area contributed by atoms with Crippen LogP contribution in [0.25, 0.3) is 0 Å². The molecule has 5 heteroatoms. The predicted molar refractivity (Wildman–Crippen MR) is 386 cm³/mol. The zero-order chi connectivity index (χ0) is 66.3. The van der Waals surface area contributed by atoms with E-state index in [1.54, 1.807) is 11.1 Å². The summed E-state index contributed by atoms with van der Waals surface area (Å²) in [6.07, 6.45) is 14.1. The second-order valence-electron chi connectivity index (χ2n) is 40.0. The Morgan fingerprint density at radius 3 is 1.05 bits per heavy atom. The number of piperidine rings is 2. The summed E-state index contributed by atoms with van der Waals surface area (Å²) < 4.78 is 0. The van der Waals surface area contributed by atoms with Gasteiger partial charge in [0.05, 0.1) is 0 Å². The summed E-state index contributed by atoms with van der Waals surface area (Å²) in [7, 11) is 0. The summed E-state index contributed by atoms with van der Waals surface area (Å²) in [5.41, 5.74) is 13.5. The molecular formula is C82H149N5.